The molecule has 1 aliphatic heterocycles. The number of carbonyl (C=O) groups is 1. The van der Waals surface area contributed by atoms with Gasteiger partial charge in [0.25, 0.3) is 0 Å². The molecule has 1 fully saturated rings. The van der Waals surface area contributed by atoms with E-state index in [4.69, 9.17) is 22.1 Å². The molecule has 4 rings (SSSR count). The number of benzene rings is 2. The second kappa shape index (κ2) is 12.5. The highest BCUT2D eigenvalue weighted by atomic mass is 35.5. The molecule has 3 N–H and O–H groups in total. The SMILES string of the molecule is COc1ccc2ncc(Cl)c([C@@H](N)CC[C@H]3CCN(CCSc4cc(F)cc(F)c4F)C[C@H]3C(=O)O)c2c1. The maximum Gasteiger partial charge on any atom is 0.308 e. The molecule has 38 heavy (non-hydrogen) atoms. The van der Waals surface area contributed by atoms with E-state index in [0.717, 1.165) is 34.3 Å². The maximum atomic E-state index is 13.9. The smallest absolute Gasteiger partial charge is 0.308 e. The number of nitrogens with two attached hydrogens (primary N) is 1. The zero-order valence-electron chi connectivity index (χ0n) is 20.8. The Bertz CT molecular complexity index is 1320. The molecule has 0 spiro atoms. The molecule has 0 unspecified atom stereocenters. The van der Waals surface area contributed by atoms with Crippen molar-refractivity contribution in [1.29, 1.82) is 0 Å². The van der Waals surface area contributed by atoms with E-state index in [1.54, 1.807) is 13.3 Å². The van der Waals surface area contributed by atoms with Crippen LogP contribution in [0.15, 0.2) is 41.4 Å². The van der Waals surface area contributed by atoms with Gasteiger partial charge < -0.3 is 20.5 Å². The molecular weight excluding hydrogens is 539 g/mol. The van der Waals surface area contributed by atoms with Crippen LogP contribution in [0.4, 0.5) is 13.2 Å². The number of rotatable bonds is 10. The normalized spacial score (nSPS) is 19.0. The second-order valence-corrected chi connectivity index (χ2v) is 11.0. The van der Waals surface area contributed by atoms with Crippen molar-refractivity contribution in [3.63, 3.8) is 0 Å². The summed E-state index contributed by atoms with van der Waals surface area (Å²) < 4.78 is 46.1. The molecule has 2 aromatic carbocycles. The Kier molecular flexibility index (Phi) is 9.40. The number of aliphatic carboxylic acids is 1. The summed E-state index contributed by atoms with van der Waals surface area (Å²) in [5.41, 5.74) is 8.08. The lowest BCUT2D eigenvalue weighted by atomic mass is 9.81. The van der Waals surface area contributed by atoms with Crippen LogP contribution in [0.5, 0.6) is 5.75 Å². The third-order valence-corrected chi connectivity index (χ3v) is 8.37. The predicted molar refractivity (Wildman–Crippen MR) is 142 cm³/mol. The van der Waals surface area contributed by atoms with Gasteiger partial charge in [0.15, 0.2) is 11.6 Å². The Morgan fingerprint density at radius 3 is 2.84 bits per heavy atom. The number of carboxylic acid groups (broad SMARTS) is 1. The van der Waals surface area contributed by atoms with Crippen LogP contribution >= 0.6 is 23.4 Å². The first kappa shape index (κ1) is 28.5. The lowest BCUT2D eigenvalue weighted by molar-refractivity contribution is -0.146. The average molecular weight is 568 g/mol. The summed E-state index contributed by atoms with van der Waals surface area (Å²) in [7, 11) is 1.58. The van der Waals surface area contributed by atoms with Gasteiger partial charge in [-0.05, 0) is 61.6 Å². The second-order valence-electron chi connectivity index (χ2n) is 9.43. The standard InChI is InChI=1S/C27H29ClF3N3O3S/c1-37-17-3-5-23-18(12-17)25(20(28)13-33-23)22(32)4-2-15-6-7-34(14-19(15)27(35)36)8-9-38-24-11-16(29)10-21(30)26(24)31/h3,5,10-13,15,19,22H,2,4,6-9,14,32H2,1H3,(H,35,36)/t15-,19+,22-/m0/s1. The molecule has 0 radical (unpaired) electrons. The van der Waals surface area contributed by atoms with Crippen LogP contribution in [0.3, 0.4) is 0 Å². The molecule has 204 valence electrons. The Morgan fingerprint density at radius 1 is 1.32 bits per heavy atom. The lowest BCUT2D eigenvalue weighted by Crippen LogP contribution is -2.44. The molecule has 1 aliphatic rings. The van der Waals surface area contributed by atoms with E-state index in [1.165, 1.54) is 0 Å². The minimum Gasteiger partial charge on any atom is -0.497 e. The average Bonchev–Trinajstić information content (AvgIpc) is 2.89. The first-order valence-electron chi connectivity index (χ1n) is 12.3. The summed E-state index contributed by atoms with van der Waals surface area (Å²) in [6.45, 7) is 1.48. The number of thioether (sulfide) groups is 1. The van der Waals surface area contributed by atoms with Gasteiger partial charge in [0, 0.05) is 47.4 Å². The number of fused-ring (bicyclic) bond motifs is 1. The van der Waals surface area contributed by atoms with Crippen LogP contribution in [0, 0.1) is 29.3 Å². The number of methoxy groups -OCH3 is 1. The summed E-state index contributed by atoms with van der Waals surface area (Å²) in [5, 5.41) is 11.2. The van der Waals surface area contributed by atoms with Crippen molar-refractivity contribution in [1.82, 2.24) is 9.88 Å². The fourth-order valence-corrected chi connectivity index (χ4v) is 6.31. The maximum absolute atomic E-state index is 13.9. The van der Waals surface area contributed by atoms with Gasteiger partial charge in [-0.15, -0.1) is 11.8 Å². The largest absolute Gasteiger partial charge is 0.497 e. The van der Waals surface area contributed by atoms with E-state index in [9.17, 15) is 23.1 Å². The van der Waals surface area contributed by atoms with Gasteiger partial charge >= 0.3 is 5.97 Å². The van der Waals surface area contributed by atoms with Gasteiger partial charge in [-0.1, -0.05) is 11.6 Å². The first-order valence-corrected chi connectivity index (χ1v) is 13.6. The molecule has 0 bridgehead atoms. The molecule has 0 aliphatic carbocycles. The molecule has 1 saturated heterocycles. The fraction of sp³-hybridized carbons (Fsp3) is 0.407. The number of pyridine rings is 1. The number of hydrogen-bond donors (Lipinski definition) is 2. The van der Waals surface area contributed by atoms with Crippen molar-refractivity contribution in [3.8, 4) is 5.75 Å². The van der Waals surface area contributed by atoms with Crippen LogP contribution in [-0.2, 0) is 4.79 Å². The van der Waals surface area contributed by atoms with Crippen LogP contribution in [0.1, 0.15) is 30.9 Å². The number of likely N-dealkylation sites (tertiary alicyclic amines) is 1. The van der Waals surface area contributed by atoms with Crippen molar-refractivity contribution in [2.24, 2.45) is 17.6 Å². The van der Waals surface area contributed by atoms with Crippen molar-refractivity contribution >= 4 is 40.2 Å². The molecule has 11 heteroatoms. The molecule has 6 nitrogen and oxygen atoms in total. The zero-order valence-corrected chi connectivity index (χ0v) is 22.4. The summed E-state index contributed by atoms with van der Waals surface area (Å²) >= 11 is 7.49. The van der Waals surface area contributed by atoms with Gasteiger partial charge in [0.2, 0.25) is 0 Å². The van der Waals surface area contributed by atoms with Crippen LogP contribution < -0.4 is 10.5 Å². The van der Waals surface area contributed by atoms with Crippen LogP contribution in [0.25, 0.3) is 10.9 Å². The third-order valence-electron chi connectivity index (χ3n) is 7.07. The minimum absolute atomic E-state index is 0.0707. The summed E-state index contributed by atoms with van der Waals surface area (Å²) in [4.78, 5) is 18.4. The van der Waals surface area contributed by atoms with Crippen molar-refractivity contribution in [2.45, 2.75) is 30.2 Å². The van der Waals surface area contributed by atoms with Gasteiger partial charge in [-0.2, -0.15) is 0 Å². The van der Waals surface area contributed by atoms with Gasteiger partial charge in [0.05, 0.1) is 23.6 Å². The molecule has 3 atom stereocenters. The van der Waals surface area contributed by atoms with E-state index in [-0.39, 0.29) is 10.8 Å². The topological polar surface area (TPSA) is 88.7 Å². The van der Waals surface area contributed by atoms with Gasteiger partial charge in [-0.25, -0.2) is 13.2 Å². The Morgan fingerprint density at radius 2 is 2.11 bits per heavy atom. The Labute approximate surface area is 228 Å². The molecular formula is C27H29ClF3N3O3S. The Hall–Kier alpha value is -2.53. The number of ether oxygens (including phenoxy) is 1. The lowest BCUT2D eigenvalue weighted by Gasteiger charge is -2.37. The fourth-order valence-electron chi connectivity index (χ4n) is 5.03. The number of aromatic nitrogens is 1. The van der Waals surface area contributed by atoms with E-state index >= 15 is 0 Å². The van der Waals surface area contributed by atoms with Crippen molar-refractivity contribution < 1.29 is 27.8 Å². The number of nitrogens with zero attached hydrogens (tertiary/aromatic N) is 2. The van der Waals surface area contributed by atoms with Crippen LogP contribution in [-0.4, -0.2) is 53.5 Å². The Balaban J connectivity index is 1.36. The number of halogens is 4. The summed E-state index contributed by atoms with van der Waals surface area (Å²) in [6, 6.07) is 6.57. The van der Waals surface area contributed by atoms with Gasteiger partial charge in [0.1, 0.15) is 11.6 Å². The monoisotopic (exact) mass is 567 g/mol. The molecule has 3 aromatic rings. The highest BCUT2D eigenvalue weighted by molar-refractivity contribution is 7.99. The molecule has 2 heterocycles. The van der Waals surface area contributed by atoms with Gasteiger partial charge in [-0.3, -0.25) is 9.78 Å². The molecule has 0 amide bonds. The molecule has 0 saturated carbocycles. The predicted octanol–water partition coefficient (Wildman–Crippen LogP) is 5.91. The van der Waals surface area contributed by atoms with E-state index in [0.29, 0.717) is 61.5 Å². The van der Waals surface area contributed by atoms with E-state index in [2.05, 4.69) is 4.98 Å². The number of hydrogen-bond acceptors (Lipinski definition) is 6. The summed E-state index contributed by atoms with van der Waals surface area (Å²) in [5.74, 6) is -3.64. The first-order chi connectivity index (χ1) is 18.2. The number of carboxylic acids is 1. The van der Waals surface area contributed by atoms with Crippen molar-refractivity contribution in [2.75, 3.05) is 32.5 Å². The molecule has 1 aromatic heterocycles. The van der Waals surface area contributed by atoms with Crippen molar-refractivity contribution in [3.05, 3.63) is 64.6 Å². The quantitative estimate of drug-likeness (QED) is 0.233. The van der Waals surface area contributed by atoms with E-state index in [1.807, 2.05) is 23.1 Å². The highest BCUT2D eigenvalue weighted by Gasteiger charge is 2.34. The highest BCUT2D eigenvalue weighted by Crippen LogP contribution is 2.36. The zero-order chi connectivity index (χ0) is 27.4. The summed E-state index contributed by atoms with van der Waals surface area (Å²) in [6.07, 6.45) is 3.39. The van der Waals surface area contributed by atoms with Crippen LogP contribution in [0.2, 0.25) is 5.02 Å². The van der Waals surface area contributed by atoms with E-state index < -0.39 is 35.4 Å². The minimum atomic E-state index is -1.22. The number of piperidine rings is 1. The third kappa shape index (κ3) is 6.54.